The molecule has 0 aromatic rings. The first-order valence-corrected chi connectivity index (χ1v) is 15.3. The Hall–Kier alpha value is -0.913. The Morgan fingerprint density at radius 3 is 2.47 bits per heavy atom. The molecule has 1 N–H and O–H groups in total. The average molecular weight is 434 g/mol. The number of methoxy groups -OCH3 is 1. The molecule has 0 spiro atoms. The van der Waals surface area contributed by atoms with Gasteiger partial charge in [0.25, 0.3) is 0 Å². The van der Waals surface area contributed by atoms with Crippen LogP contribution in [0.4, 0.5) is 0 Å². The Morgan fingerprint density at radius 1 is 1.20 bits per heavy atom. The van der Waals surface area contributed by atoms with Gasteiger partial charge >= 0.3 is 0 Å². The molecule has 170 valence electrons. The minimum Gasteiger partial charge on any atom is -0.394 e. The summed E-state index contributed by atoms with van der Waals surface area (Å²) in [4.78, 5) is 15.5. The summed E-state index contributed by atoms with van der Waals surface area (Å²) in [5, 5.41) is 10.0. The van der Waals surface area contributed by atoms with Crippen LogP contribution in [0.25, 0.3) is 0 Å². The van der Waals surface area contributed by atoms with E-state index < -0.39 is 8.07 Å². The lowest BCUT2D eigenvalue weighted by Gasteiger charge is -2.43. The normalized spacial score (nSPS) is 29.2. The van der Waals surface area contributed by atoms with Gasteiger partial charge in [0.1, 0.15) is 0 Å². The van der Waals surface area contributed by atoms with Gasteiger partial charge in [0.05, 0.1) is 26.8 Å². The summed E-state index contributed by atoms with van der Waals surface area (Å²) in [5.74, 6) is 0.250. The molecule has 2 aliphatic carbocycles. The minimum absolute atomic E-state index is 0.0254. The van der Waals surface area contributed by atoms with Gasteiger partial charge in [-0.05, 0) is 63.0 Å². The molecule has 1 heterocycles. The molecule has 3 rings (SSSR count). The zero-order valence-electron chi connectivity index (χ0n) is 19.7. The standard InChI is InChI=1S/C25H43NO3Si/c1-5-8-24(30(3,4)23-13-11-22(29-2)12-14-23)16-25(28)26-17-20-10-7-6-9-19(20)15-21(26)18-27/h5,8,21-24,27H,6-7,9-18H2,1-4H3/b8-5+/t21-,22?,23?,24+/m0/s1. The van der Waals surface area contributed by atoms with Crippen molar-refractivity contribution in [2.45, 2.75) is 107 Å². The number of hydrogen-bond acceptors (Lipinski definition) is 3. The lowest BCUT2D eigenvalue weighted by Crippen LogP contribution is -2.49. The molecule has 5 heteroatoms. The van der Waals surface area contributed by atoms with E-state index in [0.717, 1.165) is 37.8 Å². The Morgan fingerprint density at radius 2 is 1.87 bits per heavy atom. The predicted octanol–water partition coefficient (Wildman–Crippen LogP) is 5.45. The molecule has 1 fully saturated rings. The molecule has 1 amide bonds. The maximum absolute atomic E-state index is 13.5. The monoisotopic (exact) mass is 433 g/mol. The second-order valence-electron chi connectivity index (χ2n) is 10.3. The van der Waals surface area contributed by atoms with Gasteiger partial charge in [-0.15, -0.1) is 0 Å². The predicted molar refractivity (Wildman–Crippen MR) is 126 cm³/mol. The summed E-state index contributed by atoms with van der Waals surface area (Å²) >= 11 is 0. The van der Waals surface area contributed by atoms with Gasteiger partial charge in [0.2, 0.25) is 5.91 Å². The SMILES string of the molecule is C/C=C/[C@H](CC(=O)N1CC2=C(CCCC2)C[C@H]1CO)[Si](C)(C)C1CCC(OC)CC1. The van der Waals surface area contributed by atoms with Crippen LogP contribution in [0.1, 0.15) is 71.1 Å². The lowest BCUT2D eigenvalue weighted by molar-refractivity contribution is -0.134. The number of hydrogen-bond donors (Lipinski definition) is 1. The van der Waals surface area contributed by atoms with E-state index in [4.69, 9.17) is 4.74 Å². The van der Waals surface area contributed by atoms with Crippen molar-refractivity contribution in [1.82, 2.24) is 4.90 Å². The molecule has 0 radical (unpaired) electrons. The number of rotatable bonds is 7. The van der Waals surface area contributed by atoms with Crippen LogP contribution in [0.3, 0.4) is 0 Å². The van der Waals surface area contributed by atoms with E-state index in [-0.39, 0.29) is 18.6 Å². The average Bonchev–Trinajstić information content (AvgIpc) is 2.77. The molecule has 1 aliphatic heterocycles. The van der Waals surface area contributed by atoms with Gasteiger partial charge < -0.3 is 14.7 Å². The van der Waals surface area contributed by atoms with Crippen molar-refractivity contribution in [3.63, 3.8) is 0 Å². The highest BCUT2D eigenvalue weighted by Gasteiger charge is 2.42. The number of ether oxygens (including phenoxy) is 1. The number of amides is 1. The van der Waals surface area contributed by atoms with Crippen LogP contribution in [0, 0.1) is 0 Å². The summed E-state index contributed by atoms with van der Waals surface area (Å²) < 4.78 is 5.58. The molecular formula is C25H43NO3Si. The molecule has 0 aromatic heterocycles. The maximum Gasteiger partial charge on any atom is 0.223 e. The first-order chi connectivity index (χ1) is 14.4. The van der Waals surface area contributed by atoms with E-state index in [9.17, 15) is 9.90 Å². The number of aliphatic hydroxyl groups excluding tert-OH is 1. The maximum atomic E-state index is 13.5. The van der Waals surface area contributed by atoms with Gasteiger partial charge in [-0.25, -0.2) is 0 Å². The van der Waals surface area contributed by atoms with E-state index in [1.54, 1.807) is 0 Å². The third kappa shape index (κ3) is 5.28. The van der Waals surface area contributed by atoms with Crippen LogP contribution in [0.5, 0.6) is 0 Å². The Kier molecular flexibility index (Phi) is 8.39. The number of aliphatic hydroxyl groups is 1. The number of nitrogens with zero attached hydrogens (tertiary/aromatic N) is 1. The zero-order valence-corrected chi connectivity index (χ0v) is 20.7. The number of carbonyl (C=O) groups excluding carboxylic acids is 1. The summed E-state index contributed by atoms with van der Waals surface area (Å²) in [6.07, 6.45) is 16.0. The Balaban J connectivity index is 1.71. The van der Waals surface area contributed by atoms with Crippen molar-refractivity contribution < 1.29 is 14.6 Å². The molecule has 0 unspecified atom stereocenters. The van der Waals surface area contributed by atoms with Crippen LogP contribution in [-0.2, 0) is 9.53 Å². The van der Waals surface area contributed by atoms with Crippen LogP contribution >= 0.6 is 0 Å². The van der Waals surface area contributed by atoms with E-state index in [0.29, 0.717) is 18.1 Å². The quantitative estimate of drug-likeness (QED) is 0.429. The van der Waals surface area contributed by atoms with Crippen molar-refractivity contribution >= 4 is 14.0 Å². The molecule has 1 saturated carbocycles. The van der Waals surface area contributed by atoms with E-state index in [1.165, 1.54) is 43.3 Å². The molecule has 0 aromatic carbocycles. The minimum atomic E-state index is -1.65. The lowest BCUT2D eigenvalue weighted by atomic mass is 9.84. The van der Waals surface area contributed by atoms with Gasteiger partial charge in [-0.2, -0.15) is 0 Å². The fourth-order valence-electron chi connectivity index (χ4n) is 6.11. The number of allylic oxidation sites excluding steroid dienone is 2. The fraction of sp³-hybridized carbons (Fsp3) is 0.800. The molecule has 2 atom stereocenters. The molecule has 4 nitrogen and oxygen atoms in total. The second kappa shape index (κ2) is 10.6. The van der Waals surface area contributed by atoms with Crippen LogP contribution in [0.15, 0.2) is 23.3 Å². The van der Waals surface area contributed by atoms with E-state index in [2.05, 4.69) is 32.2 Å². The van der Waals surface area contributed by atoms with Crippen molar-refractivity contribution in [1.29, 1.82) is 0 Å². The van der Waals surface area contributed by atoms with Crippen LogP contribution in [0.2, 0.25) is 24.2 Å². The van der Waals surface area contributed by atoms with Crippen molar-refractivity contribution in [3.8, 4) is 0 Å². The highest BCUT2D eigenvalue weighted by Crippen LogP contribution is 2.45. The van der Waals surface area contributed by atoms with Crippen molar-refractivity contribution in [2.75, 3.05) is 20.3 Å². The summed E-state index contributed by atoms with van der Waals surface area (Å²) in [7, 11) is 0.179. The molecule has 0 saturated heterocycles. The van der Waals surface area contributed by atoms with Gasteiger partial charge in [-0.3, -0.25) is 4.79 Å². The highest BCUT2D eigenvalue weighted by atomic mass is 28.3. The topological polar surface area (TPSA) is 49.8 Å². The van der Waals surface area contributed by atoms with Gasteiger partial charge in [-0.1, -0.05) is 49.2 Å². The third-order valence-electron chi connectivity index (χ3n) is 8.36. The van der Waals surface area contributed by atoms with Gasteiger partial charge in [0, 0.05) is 20.1 Å². The van der Waals surface area contributed by atoms with Gasteiger partial charge in [0.15, 0.2) is 0 Å². The van der Waals surface area contributed by atoms with Crippen molar-refractivity contribution in [3.05, 3.63) is 23.3 Å². The molecule has 30 heavy (non-hydrogen) atoms. The molecule has 0 bridgehead atoms. The van der Waals surface area contributed by atoms with Crippen LogP contribution in [-0.4, -0.2) is 56.4 Å². The third-order valence-corrected chi connectivity index (χ3v) is 13.3. The first-order valence-electron chi connectivity index (χ1n) is 12.2. The molecule has 3 aliphatic rings. The highest BCUT2D eigenvalue weighted by molar-refractivity contribution is 6.80. The van der Waals surface area contributed by atoms with E-state index in [1.807, 2.05) is 12.0 Å². The number of carbonyl (C=O) groups is 1. The second-order valence-corrected chi connectivity index (χ2v) is 15.5. The Labute approximate surface area is 184 Å². The summed E-state index contributed by atoms with van der Waals surface area (Å²) in [6.45, 7) is 7.90. The molecular weight excluding hydrogens is 390 g/mol. The summed E-state index contributed by atoms with van der Waals surface area (Å²) in [5.41, 5.74) is 4.12. The van der Waals surface area contributed by atoms with Crippen LogP contribution < -0.4 is 0 Å². The van der Waals surface area contributed by atoms with E-state index >= 15 is 0 Å². The Bertz CT molecular complexity index is 649. The zero-order chi connectivity index (χ0) is 21.7. The summed E-state index contributed by atoms with van der Waals surface area (Å²) in [6, 6.07) is -0.0254. The first kappa shape index (κ1) is 23.7. The largest absolute Gasteiger partial charge is 0.394 e. The fourth-order valence-corrected chi connectivity index (χ4v) is 9.93. The van der Waals surface area contributed by atoms with Crippen molar-refractivity contribution in [2.24, 2.45) is 0 Å². The smallest absolute Gasteiger partial charge is 0.223 e.